The Bertz CT molecular complexity index is 1270. The molecule has 0 heterocycles. The number of hydrogen-bond donors (Lipinski definition) is 1. The van der Waals surface area contributed by atoms with Crippen molar-refractivity contribution in [1.29, 1.82) is 0 Å². The average molecular weight is 549 g/mol. The maximum atomic E-state index is 13.8. The van der Waals surface area contributed by atoms with E-state index in [0.29, 0.717) is 12.8 Å². The topological polar surface area (TPSA) is 139 Å². The highest BCUT2D eigenvalue weighted by Gasteiger charge is 2.33. The standard InChI is InChI=1S/C26H36N4O7S/c1-7-19(4)27-26(32)22(8-2)28(16-20-11-9-10-18(3)14-20)25(31)17-29(38(6,35)36)23-15-21(30(33)34)12-13-24(23)37-5/h9-15,19,22H,7-8,16-17H2,1-6H3,(H,27,32)/t19-,22-/m0/s1. The summed E-state index contributed by atoms with van der Waals surface area (Å²) in [5, 5.41) is 14.3. The summed E-state index contributed by atoms with van der Waals surface area (Å²) in [5.41, 5.74) is 1.22. The zero-order valence-corrected chi connectivity index (χ0v) is 23.4. The van der Waals surface area contributed by atoms with Crippen LogP contribution in [0.1, 0.15) is 44.7 Å². The molecule has 0 spiro atoms. The van der Waals surface area contributed by atoms with E-state index in [-0.39, 0.29) is 35.6 Å². The van der Waals surface area contributed by atoms with Crippen molar-refractivity contribution in [2.24, 2.45) is 0 Å². The summed E-state index contributed by atoms with van der Waals surface area (Å²) < 4.78 is 31.7. The predicted octanol–water partition coefficient (Wildman–Crippen LogP) is 3.40. The molecule has 0 saturated heterocycles. The molecule has 12 heteroatoms. The molecule has 38 heavy (non-hydrogen) atoms. The summed E-state index contributed by atoms with van der Waals surface area (Å²) in [5.74, 6) is -0.945. The van der Waals surface area contributed by atoms with Crippen LogP contribution in [0, 0.1) is 17.0 Å². The summed E-state index contributed by atoms with van der Waals surface area (Å²) in [6.45, 7) is 6.85. The molecule has 0 bridgehead atoms. The van der Waals surface area contributed by atoms with Crippen LogP contribution in [0.25, 0.3) is 0 Å². The van der Waals surface area contributed by atoms with Gasteiger partial charge in [0, 0.05) is 24.7 Å². The lowest BCUT2D eigenvalue weighted by Gasteiger charge is -2.33. The fraction of sp³-hybridized carbons (Fsp3) is 0.462. The van der Waals surface area contributed by atoms with Crippen LogP contribution in [-0.4, -0.2) is 62.0 Å². The van der Waals surface area contributed by atoms with Crippen LogP contribution in [0.2, 0.25) is 0 Å². The van der Waals surface area contributed by atoms with Gasteiger partial charge in [-0.25, -0.2) is 8.42 Å². The quantitative estimate of drug-likeness (QED) is 0.299. The predicted molar refractivity (Wildman–Crippen MR) is 146 cm³/mol. The highest BCUT2D eigenvalue weighted by Crippen LogP contribution is 2.34. The van der Waals surface area contributed by atoms with E-state index < -0.39 is 33.4 Å². The Morgan fingerprint density at radius 1 is 1.13 bits per heavy atom. The monoisotopic (exact) mass is 548 g/mol. The first-order chi connectivity index (χ1) is 17.8. The number of methoxy groups -OCH3 is 1. The Balaban J connectivity index is 2.56. The SMILES string of the molecule is CC[C@H](C)NC(=O)[C@H](CC)N(Cc1cccc(C)c1)C(=O)CN(c1cc([N+](=O)[O-])ccc1OC)S(C)(=O)=O. The molecule has 2 aromatic carbocycles. The van der Waals surface area contributed by atoms with Gasteiger partial charge < -0.3 is 15.0 Å². The summed E-state index contributed by atoms with van der Waals surface area (Å²) in [6, 6.07) is 9.97. The van der Waals surface area contributed by atoms with Crippen molar-refractivity contribution in [2.75, 3.05) is 24.2 Å². The molecule has 0 aliphatic rings. The Kier molecular flexibility index (Phi) is 10.6. The van der Waals surface area contributed by atoms with Gasteiger partial charge in [0.25, 0.3) is 5.69 Å². The molecule has 0 aliphatic carbocycles. The third-order valence-electron chi connectivity index (χ3n) is 6.14. The summed E-state index contributed by atoms with van der Waals surface area (Å²) in [6.07, 6.45) is 1.89. The minimum atomic E-state index is -4.09. The van der Waals surface area contributed by atoms with Gasteiger partial charge in [-0.2, -0.15) is 0 Å². The van der Waals surface area contributed by atoms with Gasteiger partial charge in [0.2, 0.25) is 21.8 Å². The molecule has 0 aliphatic heterocycles. The summed E-state index contributed by atoms with van der Waals surface area (Å²) in [4.78, 5) is 39.1. The van der Waals surface area contributed by atoms with Crippen LogP contribution in [0.3, 0.4) is 0 Å². The average Bonchev–Trinajstić information content (AvgIpc) is 2.85. The zero-order chi connectivity index (χ0) is 28.6. The number of sulfonamides is 1. The number of non-ortho nitro benzene ring substituents is 1. The van der Waals surface area contributed by atoms with Crippen molar-refractivity contribution in [3.05, 3.63) is 63.7 Å². The van der Waals surface area contributed by atoms with Crippen molar-refractivity contribution in [3.8, 4) is 5.75 Å². The number of rotatable bonds is 13. The fourth-order valence-corrected chi connectivity index (χ4v) is 4.79. The van der Waals surface area contributed by atoms with Gasteiger partial charge in [-0.1, -0.05) is 43.7 Å². The lowest BCUT2D eigenvalue weighted by Crippen LogP contribution is -2.53. The van der Waals surface area contributed by atoms with Crippen molar-refractivity contribution in [1.82, 2.24) is 10.2 Å². The van der Waals surface area contributed by atoms with Crippen molar-refractivity contribution in [2.45, 2.75) is 59.2 Å². The normalized spacial score (nSPS) is 12.8. The Morgan fingerprint density at radius 2 is 1.82 bits per heavy atom. The van der Waals surface area contributed by atoms with E-state index in [9.17, 15) is 28.1 Å². The number of nitrogens with zero attached hydrogens (tertiary/aromatic N) is 3. The van der Waals surface area contributed by atoms with E-state index in [4.69, 9.17) is 4.74 Å². The second-order valence-corrected chi connectivity index (χ2v) is 11.0. The second-order valence-electron chi connectivity index (χ2n) is 9.14. The first-order valence-electron chi connectivity index (χ1n) is 12.3. The number of hydrogen-bond acceptors (Lipinski definition) is 7. The molecular formula is C26H36N4O7S. The van der Waals surface area contributed by atoms with E-state index >= 15 is 0 Å². The first-order valence-corrected chi connectivity index (χ1v) is 14.1. The molecule has 2 amide bonds. The van der Waals surface area contributed by atoms with E-state index in [2.05, 4.69) is 5.32 Å². The third kappa shape index (κ3) is 7.91. The maximum Gasteiger partial charge on any atom is 0.271 e. The molecule has 11 nitrogen and oxygen atoms in total. The van der Waals surface area contributed by atoms with E-state index in [1.807, 2.05) is 45.0 Å². The van der Waals surface area contributed by atoms with Crippen LogP contribution in [-0.2, 0) is 26.2 Å². The molecular weight excluding hydrogens is 512 g/mol. The van der Waals surface area contributed by atoms with E-state index in [1.54, 1.807) is 6.92 Å². The van der Waals surface area contributed by atoms with Gasteiger partial charge in [0.1, 0.15) is 24.0 Å². The molecule has 0 radical (unpaired) electrons. The largest absolute Gasteiger partial charge is 0.495 e. The molecule has 0 fully saturated rings. The van der Waals surface area contributed by atoms with Crippen molar-refractivity contribution < 1.29 is 27.7 Å². The maximum absolute atomic E-state index is 13.8. The van der Waals surface area contributed by atoms with Gasteiger partial charge in [-0.05, 0) is 38.3 Å². The number of amides is 2. The molecule has 2 aromatic rings. The number of benzene rings is 2. The summed E-state index contributed by atoms with van der Waals surface area (Å²) in [7, 11) is -2.80. The molecule has 0 saturated carbocycles. The molecule has 1 N–H and O–H groups in total. The van der Waals surface area contributed by atoms with Crippen molar-refractivity contribution in [3.63, 3.8) is 0 Å². The van der Waals surface area contributed by atoms with Gasteiger partial charge in [0.15, 0.2) is 0 Å². The van der Waals surface area contributed by atoms with Gasteiger partial charge in [-0.15, -0.1) is 0 Å². The Labute approximate surface area is 224 Å². The van der Waals surface area contributed by atoms with Crippen LogP contribution < -0.4 is 14.4 Å². The van der Waals surface area contributed by atoms with Crippen LogP contribution >= 0.6 is 0 Å². The summed E-state index contributed by atoms with van der Waals surface area (Å²) >= 11 is 0. The second kappa shape index (κ2) is 13.2. The van der Waals surface area contributed by atoms with Crippen LogP contribution in [0.15, 0.2) is 42.5 Å². The number of carbonyl (C=O) groups excluding carboxylic acids is 2. The number of aryl methyl sites for hydroxylation is 1. The molecule has 2 atom stereocenters. The highest BCUT2D eigenvalue weighted by molar-refractivity contribution is 7.92. The van der Waals surface area contributed by atoms with E-state index in [1.165, 1.54) is 24.1 Å². The molecule has 208 valence electrons. The van der Waals surface area contributed by atoms with Gasteiger partial charge in [-0.3, -0.25) is 24.0 Å². The smallest absolute Gasteiger partial charge is 0.271 e. The minimum absolute atomic E-state index is 0.0422. The van der Waals surface area contributed by atoms with Gasteiger partial charge in [0.05, 0.1) is 18.3 Å². The number of nitro benzene ring substituents is 1. The van der Waals surface area contributed by atoms with Crippen LogP contribution in [0.5, 0.6) is 5.75 Å². The highest BCUT2D eigenvalue weighted by atomic mass is 32.2. The molecule has 2 rings (SSSR count). The number of anilines is 1. The Morgan fingerprint density at radius 3 is 2.34 bits per heavy atom. The minimum Gasteiger partial charge on any atom is -0.495 e. The molecule has 0 unspecified atom stereocenters. The molecule has 0 aromatic heterocycles. The number of carbonyl (C=O) groups is 2. The number of nitrogens with one attached hydrogen (secondary N) is 1. The first kappa shape index (κ1) is 30.6. The van der Waals surface area contributed by atoms with Crippen LogP contribution in [0.4, 0.5) is 11.4 Å². The Hall–Kier alpha value is -3.67. The van der Waals surface area contributed by atoms with Crippen molar-refractivity contribution >= 4 is 33.2 Å². The fourth-order valence-electron chi connectivity index (χ4n) is 3.95. The lowest BCUT2D eigenvalue weighted by atomic mass is 10.1. The van der Waals surface area contributed by atoms with E-state index in [0.717, 1.165) is 27.8 Å². The third-order valence-corrected chi connectivity index (χ3v) is 7.27. The lowest BCUT2D eigenvalue weighted by molar-refractivity contribution is -0.384. The number of ether oxygens (including phenoxy) is 1. The number of nitro groups is 1. The van der Waals surface area contributed by atoms with Gasteiger partial charge >= 0.3 is 0 Å². The zero-order valence-electron chi connectivity index (χ0n) is 22.6.